The summed E-state index contributed by atoms with van der Waals surface area (Å²) >= 11 is 0. The number of para-hydroxylation sites is 3. The van der Waals surface area contributed by atoms with E-state index in [-0.39, 0.29) is 0 Å². The fraction of sp³-hybridized carbons (Fsp3) is 0. The van der Waals surface area contributed by atoms with Gasteiger partial charge in [-0.25, -0.2) is 0 Å². The summed E-state index contributed by atoms with van der Waals surface area (Å²) in [6.07, 6.45) is 0. The van der Waals surface area contributed by atoms with E-state index in [1.807, 2.05) is 0 Å². The molecule has 0 bridgehead atoms. The third-order valence-electron chi connectivity index (χ3n) is 13.7. The fourth-order valence-electron chi connectivity index (χ4n) is 11.0. The van der Waals surface area contributed by atoms with Gasteiger partial charge in [0.2, 0.25) is 0 Å². The van der Waals surface area contributed by atoms with Crippen LogP contribution in [0.25, 0.3) is 114 Å². The van der Waals surface area contributed by atoms with Crippen molar-refractivity contribution >= 4 is 115 Å². The molecule has 2 heterocycles. The molecule has 14 aromatic rings. The number of hydrogen-bond acceptors (Lipinski definition) is 2. The average Bonchev–Trinajstić information content (AvgIpc) is 3.91. The lowest BCUT2D eigenvalue weighted by Crippen LogP contribution is -2.10. The number of nitrogens with zero attached hydrogens (tertiary/aromatic N) is 2. The standard InChI is InChI=1S/C62H38N2O/c1-2-17-40(18-3-1)63(43-34-35-51-48-23-8-7-21-46(48)47-22-9-10-24-49(47)54(51)37-43)41-30-32-42(33-31-41)64-56-28-14-12-26-52(56)60-57(64)38-59-61(53-27-13-15-29-58(53)65-59)62(60)55-36-39-16-4-5-19-44(39)45-20-6-11-25-50(45)55/h1-38H. The van der Waals surface area contributed by atoms with Crippen molar-refractivity contribution in [1.29, 1.82) is 0 Å². The van der Waals surface area contributed by atoms with E-state index in [0.717, 1.165) is 55.7 Å². The summed E-state index contributed by atoms with van der Waals surface area (Å²) in [7, 11) is 0. The molecule has 65 heavy (non-hydrogen) atoms. The van der Waals surface area contributed by atoms with E-state index in [1.165, 1.54) is 75.8 Å². The van der Waals surface area contributed by atoms with Crippen LogP contribution in [-0.2, 0) is 0 Å². The highest BCUT2D eigenvalue weighted by molar-refractivity contribution is 6.30. The van der Waals surface area contributed by atoms with Crippen molar-refractivity contribution in [3.63, 3.8) is 0 Å². The molecule has 3 nitrogen and oxygen atoms in total. The Balaban J connectivity index is 1.01. The molecule has 0 N–H and O–H groups in total. The summed E-state index contributed by atoms with van der Waals surface area (Å²) < 4.78 is 9.24. The molecular weight excluding hydrogens is 789 g/mol. The smallest absolute Gasteiger partial charge is 0.138 e. The van der Waals surface area contributed by atoms with Gasteiger partial charge in [-0.1, -0.05) is 158 Å². The molecule has 0 spiro atoms. The zero-order valence-electron chi connectivity index (χ0n) is 35.2. The molecule has 3 heteroatoms. The van der Waals surface area contributed by atoms with Gasteiger partial charge in [-0.3, -0.25) is 0 Å². The van der Waals surface area contributed by atoms with E-state index < -0.39 is 0 Å². The first-order valence-corrected chi connectivity index (χ1v) is 22.3. The highest BCUT2D eigenvalue weighted by Gasteiger charge is 2.25. The summed E-state index contributed by atoms with van der Waals surface area (Å²) in [6, 6.07) is 83.9. The van der Waals surface area contributed by atoms with Gasteiger partial charge in [0.1, 0.15) is 11.2 Å². The van der Waals surface area contributed by atoms with Crippen LogP contribution in [-0.4, -0.2) is 4.57 Å². The number of aromatic nitrogens is 1. The first-order valence-electron chi connectivity index (χ1n) is 22.3. The Bertz CT molecular complexity index is 4200. The third kappa shape index (κ3) is 5.30. The summed E-state index contributed by atoms with van der Waals surface area (Å²) in [5.74, 6) is 0. The summed E-state index contributed by atoms with van der Waals surface area (Å²) in [4.78, 5) is 2.37. The van der Waals surface area contributed by atoms with Crippen LogP contribution in [0.2, 0.25) is 0 Å². The number of furan rings is 1. The van der Waals surface area contributed by atoms with Gasteiger partial charge >= 0.3 is 0 Å². The first kappa shape index (κ1) is 35.9. The highest BCUT2D eigenvalue weighted by atomic mass is 16.3. The monoisotopic (exact) mass is 826 g/mol. The maximum atomic E-state index is 6.82. The highest BCUT2D eigenvalue weighted by Crippen LogP contribution is 2.49. The van der Waals surface area contributed by atoms with Gasteiger partial charge in [-0.15, -0.1) is 0 Å². The minimum absolute atomic E-state index is 0.874. The number of anilines is 3. The van der Waals surface area contributed by atoms with Crippen molar-refractivity contribution in [3.05, 3.63) is 231 Å². The number of fused-ring (bicyclic) bond motifs is 15. The van der Waals surface area contributed by atoms with Crippen molar-refractivity contribution < 1.29 is 4.42 Å². The van der Waals surface area contributed by atoms with Crippen LogP contribution in [0.15, 0.2) is 235 Å². The van der Waals surface area contributed by atoms with Gasteiger partial charge in [0.05, 0.1) is 11.0 Å². The Morgan fingerprint density at radius 1 is 0.308 bits per heavy atom. The largest absolute Gasteiger partial charge is 0.456 e. The molecule has 0 atom stereocenters. The van der Waals surface area contributed by atoms with Crippen LogP contribution in [0.4, 0.5) is 17.1 Å². The van der Waals surface area contributed by atoms with Gasteiger partial charge in [0, 0.05) is 55.9 Å². The van der Waals surface area contributed by atoms with Gasteiger partial charge in [-0.2, -0.15) is 0 Å². The molecule has 0 amide bonds. The van der Waals surface area contributed by atoms with Crippen LogP contribution >= 0.6 is 0 Å². The number of rotatable bonds is 5. The second-order valence-electron chi connectivity index (χ2n) is 17.2. The number of benzene rings is 12. The molecule has 0 saturated carbocycles. The van der Waals surface area contributed by atoms with Gasteiger partial charge in [0.25, 0.3) is 0 Å². The molecule has 0 unspecified atom stereocenters. The molecule has 302 valence electrons. The van der Waals surface area contributed by atoms with Crippen molar-refractivity contribution in [2.24, 2.45) is 0 Å². The molecule has 0 aliphatic rings. The fourth-order valence-corrected chi connectivity index (χ4v) is 11.0. The number of hydrogen-bond donors (Lipinski definition) is 0. The molecule has 2 aromatic heterocycles. The second kappa shape index (κ2) is 13.9. The molecular formula is C62H38N2O. The second-order valence-corrected chi connectivity index (χ2v) is 17.2. The Morgan fingerprint density at radius 2 is 0.831 bits per heavy atom. The summed E-state index contributed by atoms with van der Waals surface area (Å²) in [5, 5.41) is 17.2. The summed E-state index contributed by atoms with van der Waals surface area (Å²) in [6.45, 7) is 0. The Hall–Kier alpha value is -8.66. The maximum Gasteiger partial charge on any atom is 0.138 e. The topological polar surface area (TPSA) is 21.3 Å². The van der Waals surface area contributed by atoms with Crippen molar-refractivity contribution in [2.45, 2.75) is 0 Å². The molecule has 0 fully saturated rings. The first-order chi connectivity index (χ1) is 32.3. The van der Waals surface area contributed by atoms with E-state index in [4.69, 9.17) is 4.42 Å². The minimum Gasteiger partial charge on any atom is -0.456 e. The SMILES string of the molecule is c1ccc(N(c2ccc(-n3c4ccccc4c4c(-c5cc6ccccc6c6ccccc56)c5c(cc43)oc3ccccc35)cc2)c2ccc3c4ccccc4c4ccccc4c3c2)cc1. The Labute approximate surface area is 374 Å². The van der Waals surface area contributed by atoms with Crippen molar-refractivity contribution in [1.82, 2.24) is 4.57 Å². The van der Waals surface area contributed by atoms with E-state index in [2.05, 4.69) is 240 Å². The van der Waals surface area contributed by atoms with E-state index >= 15 is 0 Å². The predicted molar refractivity (Wildman–Crippen MR) is 276 cm³/mol. The van der Waals surface area contributed by atoms with Gasteiger partial charge in [-0.05, 0) is 126 Å². The molecule has 12 aromatic carbocycles. The van der Waals surface area contributed by atoms with Crippen LogP contribution in [0.1, 0.15) is 0 Å². The van der Waals surface area contributed by atoms with E-state index in [0.29, 0.717) is 0 Å². The summed E-state index contributed by atoms with van der Waals surface area (Å²) in [5.41, 5.74) is 10.8. The Morgan fingerprint density at radius 3 is 1.55 bits per heavy atom. The van der Waals surface area contributed by atoms with Crippen molar-refractivity contribution in [3.8, 4) is 16.8 Å². The Kier molecular flexibility index (Phi) is 7.69. The van der Waals surface area contributed by atoms with Gasteiger partial charge < -0.3 is 13.9 Å². The molecule has 0 aliphatic heterocycles. The molecule has 0 saturated heterocycles. The lowest BCUT2D eigenvalue weighted by Gasteiger charge is -2.26. The van der Waals surface area contributed by atoms with Crippen LogP contribution in [0.5, 0.6) is 0 Å². The zero-order chi connectivity index (χ0) is 42.6. The van der Waals surface area contributed by atoms with E-state index in [1.54, 1.807) is 0 Å². The molecule has 0 aliphatic carbocycles. The maximum absolute atomic E-state index is 6.82. The van der Waals surface area contributed by atoms with Gasteiger partial charge in [0.15, 0.2) is 0 Å². The lowest BCUT2D eigenvalue weighted by atomic mass is 9.88. The normalized spacial score (nSPS) is 12.0. The zero-order valence-corrected chi connectivity index (χ0v) is 35.2. The van der Waals surface area contributed by atoms with Crippen LogP contribution in [0, 0.1) is 0 Å². The van der Waals surface area contributed by atoms with Crippen molar-refractivity contribution in [2.75, 3.05) is 4.90 Å². The molecule has 0 radical (unpaired) electrons. The van der Waals surface area contributed by atoms with Crippen LogP contribution in [0.3, 0.4) is 0 Å². The van der Waals surface area contributed by atoms with Crippen LogP contribution < -0.4 is 4.90 Å². The average molecular weight is 827 g/mol. The lowest BCUT2D eigenvalue weighted by molar-refractivity contribution is 0.669. The molecule has 14 rings (SSSR count). The predicted octanol–water partition coefficient (Wildman–Crippen LogP) is 17.6. The quantitative estimate of drug-likeness (QED) is 0.161. The minimum atomic E-state index is 0.874. The van der Waals surface area contributed by atoms with E-state index in [9.17, 15) is 0 Å². The third-order valence-corrected chi connectivity index (χ3v) is 13.7.